The Labute approximate surface area is 91.4 Å². The van der Waals surface area contributed by atoms with Crippen molar-refractivity contribution in [3.63, 3.8) is 0 Å². The summed E-state index contributed by atoms with van der Waals surface area (Å²) in [6, 6.07) is 3.23. The van der Waals surface area contributed by atoms with Gasteiger partial charge < -0.3 is 4.74 Å². The zero-order chi connectivity index (χ0) is 11.3. The second-order valence-electron chi connectivity index (χ2n) is 4.32. The average Bonchev–Trinajstić information content (AvgIpc) is 2.89. The Balaban J connectivity index is 2.24. The van der Waals surface area contributed by atoms with E-state index >= 15 is 0 Å². The second-order valence-corrected chi connectivity index (χ2v) is 4.32. The Morgan fingerprint density at radius 3 is 2.75 bits per heavy atom. The first-order valence-corrected chi connectivity index (χ1v) is 5.23. The van der Waals surface area contributed by atoms with E-state index in [4.69, 9.17) is 10.00 Å². The summed E-state index contributed by atoms with van der Waals surface area (Å²) in [6.45, 7) is 0.384. The van der Waals surface area contributed by atoms with Crippen molar-refractivity contribution in [3.05, 3.63) is 28.8 Å². The number of hydrogen-bond acceptors (Lipinski definition) is 2. The lowest BCUT2D eigenvalue weighted by molar-refractivity contribution is 0.355. The molecule has 1 aromatic rings. The van der Waals surface area contributed by atoms with Crippen LogP contribution in [0.4, 0.5) is 8.78 Å². The van der Waals surface area contributed by atoms with Crippen LogP contribution in [-0.2, 0) is 11.8 Å². The van der Waals surface area contributed by atoms with Crippen molar-refractivity contribution in [2.45, 2.75) is 24.7 Å². The van der Waals surface area contributed by atoms with Crippen LogP contribution in [0.5, 0.6) is 5.75 Å². The van der Waals surface area contributed by atoms with E-state index in [9.17, 15) is 8.78 Å². The highest BCUT2D eigenvalue weighted by molar-refractivity contribution is 5.49. The number of halogens is 2. The molecule has 1 heterocycles. The van der Waals surface area contributed by atoms with Gasteiger partial charge in [0.25, 0.3) is 0 Å². The maximum atomic E-state index is 14.1. The maximum absolute atomic E-state index is 14.1. The van der Waals surface area contributed by atoms with Crippen LogP contribution in [-0.4, -0.2) is 6.61 Å². The van der Waals surface area contributed by atoms with E-state index in [1.54, 1.807) is 0 Å². The Kier molecular flexibility index (Phi) is 1.76. The van der Waals surface area contributed by atoms with E-state index in [1.165, 1.54) is 6.07 Å². The van der Waals surface area contributed by atoms with Crippen molar-refractivity contribution >= 4 is 0 Å². The van der Waals surface area contributed by atoms with Crippen LogP contribution >= 0.6 is 0 Å². The molecule has 1 aromatic carbocycles. The van der Waals surface area contributed by atoms with Gasteiger partial charge in [-0.1, -0.05) is 0 Å². The molecule has 2 nitrogen and oxygen atoms in total. The molecule has 1 aliphatic heterocycles. The van der Waals surface area contributed by atoms with E-state index in [-0.39, 0.29) is 11.3 Å². The van der Waals surface area contributed by atoms with Crippen LogP contribution < -0.4 is 4.74 Å². The van der Waals surface area contributed by atoms with Gasteiger partial charge in [-0.2, -0.15) is 5.26 Å². The molecule has 0 atom stereocenters. The molecule has 16 heavy (non-hydrogen) atoms. The summed E-state index contributed by atoms with van der Waals surface area (Å²) < 4.78 is 33.0. The highest BCUT2D eigenvalue weighted by Crippen LogP contribution is 2.51. The lowest BCUT2D eigenvalue weighted by atomic mass is 9.93. The molecule has 82 valence electrons. The number of nitriles is 1. The van der Waals surface area contributed by atoms with Crippen LogP contribution in [0.15, 0.2) is 6.07 Å². The third-order valence-electron chi connectivity index (χ3n) is 3.33. The van der Waals surface area contributed by atoms with Gasteiger partial charge in [0.2, 0.25) is 0 Å². The third-order valence-corrected chi connectivity index (χ3v) is 3.33. The molecule has 0 bridgehead atoms. The molecule has 0 spiro atoms. The predicted molar refractivity (Wildman–Crippen MR) is 52.1 cm³/mol. The fourth-order valence-corrected chi connectivity index (χ4v) is 2.24. The van der Waals surface area contributed by atoms with Crippen molar-refractivity contribution < 1.29 is 13.5 Å². The molecule has 0 N–H and O–H groups in total. The number of hydrogen-bond donors (Lipinski definition) is 0. The van der Waals surface area contributed by atoms with E-state index in [2.05, 4.69) is 0 Å². The maximum Gasteiger partial charge on any atom is 0.137 e. The van der Waals surface area contributed by atoms with E-state index < -0.39 is 17.0 Å². The Bertz CT molecular complexity index is 515. The average molecular weight is 221 g/mol. The summed E-state index contributed by atoms with van der Waals surface area (Å²) in [6.07, 6.45) is 1.53. The summed E-state index contributed by atoms with van der Waals surface area (Å²) in [4.78, 5) is 0. The smallest absolute Gasteiger partial charge is 0.137 e. The molecule has 4 heteroatoms. The molecule has 1 fully saturated rings. The first kappa shape index (κ1) is 9.59. The first-order chi connectivity index (χ1) is 7.68. The van der Waals surface area contributed by atoms with Gasteiger partial charge in [0, 0.05) is 23.6 Å². The normalized spacial score (nSPS) is 19.8. The van der Waals surface area contributed by atoms with Gasteiger partial charge in [-0.15, -0.1) is 0 Å². The summed E-state index contributed by atoms with van der Waals surface area (Å²) in [7, 11) is 0. The molecule has 1 aliphatic carbocycles. The minimum absolute atomic E-state index is 0.0562. The standard InChI is InChI=1S/C12H9F2NO/c13-8-5-9-7(1-4-16-9)11(14)10(8)12(6-15)2-3-12/h5H,1-4H2. The number of nitrogens with zero attached hydrogens (tertiary/aromatic N) is 1. The third kappa shape index (κ3) is 1.09. The van der Waals surface area contributed by atoms with E-state index in [1.807, 2.05) is 6.07 Å². The van der Waals surface area contributed by atoms with Crippen molar-refractivity contribution in [2.24, 2.45) is 0 Å². The predicted octanol–water partition coefficient (Wildman–Crippen LogP) is 2.45. The zero-order valence-electron chi connectivity index (χ0n) is 8.52. The SMILES string of the molecule is N#CC1(c2c(F)cc3c(c2F)CCO3)CC1. The van der Waals surface area contributed by atoms with Crippen LogP contribution in [0.25, 0.3) is 0 Å². The monoisotopic (exact) mass is 221 g/mol. The van der Waals surface area contributed by atoms with Crippen LogP contribution in [0.1, 0.15) is 24.0 Å². The van der Waals surface area contributed by atoms with Gasteiger partial charge in [0.05, 0.1) is 18.1 Å². The topological polar surface area (TPSA) is 33.0 Å². The Hall–Kier alpha value is -1.63. The van der Waals surface area contributed by atoms with Crippen LogP contribution in [0, 0.1) is 23.0 Å². The van der Waals surface area contributed by atoms with Gasteiger partial charge in [0.1, 0.15) is 17.4 Å². The van der Waals surface area contributed by atoms with Crippen molar-refractivity contribution in [1.29, 1.82) is 5.26 Å². The number of fused-ring (bicyclic) bond motifs is 1. The molecule has 0 aromatic heterocycles. The van der Waals surface area contributed by atoms with Crippen LogP contribution in [0.2, 0.25) is 0 Å². The lowest BCUT2D eigenvalue weighted by Crippen LogP contribution is -2.10. The summed E-state index contributed by atoms with van der Waals surface area (Å²) in [5.41, 5.74) is -0.566. The molecule has 0 amide bonds. The highest BCUT2D eigenvalue weighted by atomic mass is 19.1. The molecule has 1 saturated carbocycles. The van der Waals surface area contributed by atoms with Gasteiger partial charge >= 0.3 is 0 Å². The molecule has 3 rings (SSSR count). The molecular weight excluding hydrogens is 212 g/mol. The Morgan fingerprint density at radius 2 is 2.12 bits per heavy atom. The summed E-state index contributed by atoms with van der Waals surface area (Å²) >= 11 is 0. The molecular formula is C12H9F2NO. The number of ether oxygens (including phenoxy) is 1. The van der Waals surface area contributed by atoms with Gasteiger partial charge in [-0.25, -0.2) is 8.78 Å². The van der Waals surface area contributed by atoms with Crippen molar-refractivity contribution in [2.75, 3.05) is 6.61 Å². The summed E-state index contributed by atoms with van der Waals surface area (Å²) in [5, 5.41) is 8.99. The van der Waals surface area contributed by atoms with Gasteiger partial charge in [-0.3, -0.25) is 0 Å². The lowest BCUT2D eigenvalue weighted by Gasteiger charge is -2.11. The van der Waals surface area contributed by atoms with Crippen molar-refractivity contribution in [3.8, 4) is 11.8 Å². The Morgan fingerprint density at radius 1 is 1.38 bits per heavy atom. The molecule has 2 aliphatic rings. The molecule has 0 radical (unpaired) electrons. The highest BCUT2D eigenvalue weighted by Gasteiger charge is 2.49. The van der Waals surface area contributed by atoms with Gasteiger partial charge in [-0.05, 0) is 12.8 Å². The fraction of sp³-hybridized carbons (Fsp3) is 0.417. The van der Waals surface area contributed by atoms with Crippen molar-refractivity contribution in [1.82, 2.24) is 0 Å². The van der Waals surface area contributed by atoms with E-state index in [0.29, 0.717) is 31.4 Å². The fourth-order valence-electron chi connectivity index (χ4n) is 2.24. The van der Waals surface area contributed by atoms with Gasteiger partial charge in [0.15, 0.2) is 0 Å². The molecule has 0 unspecified atom stereocenters. The summed E-state index contributed by atoms with van der Waals surface area (Å²) in [5.74, 6) is -0.948. The quantitative estimate of drug-likeness (QED) is 0.729. The molecule has 0 saturated heterocycles. The second kappa shape index (κ2) is 2.94. The minimum Gasteiger partial charge on any atom is -0.493 e. The number of rotatable bonds is 1. The largest absolute Gasteiger partial charge is 0.493 e. The van der Waals surface area contributed by atoms with Crippen LogP contribution in [0.3, 0.4) is 0 Å². The number of benzene rings is 1. The first-order valence-electron chi connectivity index (χ1n) is 5.23. The van der Waals surface area contributed by atoms with E-state index in [0.717, 1.165) is 0 Å². The minimum atomic E-state index is -0.925. The zero-order valence-corrected chi connectivity index (χ0v) is 8.52.